The van der Waals surface area contributed by atoms with Crippen LogP contribution >= 0.6 is 11.3 Å². The van der Waals surface area contributed by atoms with E-state index < -0.39 is 5.97 Å². The number of rotatable bonds is 6. The molecular weight excluding hydrogens is 394 g/mol. The van der Waals surface area contributed by atoms with E-state index in [0.29, 0.717) is 23.4 Å². The number of ether oxygens (including phenoxy) is 1. The Bertz CT molecular complexity index is 1060. The third-order valence-electron chi connectivity index (χ3n) is 5.58. The first-order valence-corrected chi connectivity index (χ1v) is 11.2. The van der Waals surface area contributed by atoms with Crippen LogP contribution in [0.4, 0.5) is 5.00 Å². The first kappa shape index (κ1) is 20.4. The maximum atomic E-state index is 12.6. The number of hydrogen-bond donors (Lipinski definition) is 1. The lowest BCUT2D eigenvalue weighted by molar-refractivity contribution is -0.116. The number of anilines is 1. The van der Waals surface area contributed by atoms with Crippen LogP contribution in [0.5, 0.6) is 0 Å². The minimum absolute atomic E-state index is 0.108. The topological polar surface area (TPSA) is 55.4 Å². The Morgan fingerprint density at radius 2 is 1.80 bits per heavy atom. The quantitative estimate of drug-likeness (QED) is 0.525. The van der Waals surface area contributed by atoms with Gasteiger partial charge in [-0.1, -0.05) is 48.5 Å². The molecular formula is C25H25NO3S. The minimum Gasteiger partial charge on any atom is -0.465 e. The summed E-state index contributed by atoms with van der Waals surface area (Å²) in [6.45, 7) is 0. The number of esters is 1. The van der Waals surface area contributed by atoms with Gasteiger partial charge in [0.25, 0.3) is 0 Å². The van der Waals surface area contributed by atoms with Gasteiger partial charge in [0.15, 0.2) is 0 Å². The molecule has 0 unspecified atom stereocenters. The maximum absolute atomic E-state index is 12.6. The molecule has 1 aliphatic carbocycles. The lowest BCUT2D eigenvalue weighted by Crippen LogP contribution is -2.14. The van der Waals surface area contributed by atoms with Gasteiger partial charge in [0.1, 0.15) is 10.6 Å². The molecule has 4 rings (SSSR count). The second-order valence-corrected chi connectivity index (χ2v) is 8.45. The highest BCUT2D eigenvalue weighted by Crippen LogP contribution is 2.37. The second-order valence-electron chi connectivity index (χ2n) is 7.57. The van der Waals surface area contributed by atoms with E-state index in [2.05, 4.69) is 23.5 Å². The SMILES string of the molecule is COC(=O)c1c(-c2ccc3c(c2)CCCC3)csc1NC(=O)CCc1ccccc1. The number of hydrogen-bond acceptors (Lipinski definition) is 4. The average molecular weight is 420 g/mol. The van der Waals surface area contributed by atoms with Crippen molar-refractivity contribution in [2.45, 2.75) is 38.5 Å². The first-order valence-electron chi connectivity index (χ1n) is 10.3. The van der Waals surface area contributed by atoms with E-state index in [-0.39, 0.29) is 5.91 Å². The number of benzene rings is 2. The standard InChI is InChI=1S/C25H25NO3S/c1-29-25(28)23-21(20-13-12-18-9-5-6-10-19(18)15-20)16-30-24(23)26-22(27)14-11-17-7-3-2-4-8-17/h2-4,7-8,12-13,15-16H,5-6,9-11,14H2,1H3,(H,26,27). The Hall–Kier alpha value is -2.92. The van der Waals surface area contributed by atoms with Crippen LogP contribution in [0.2, 0.25) is 0 Å². The smallest absolute Gasteiger partial charge is 0.341 e. The minimum atomic E-state index is -0.428. The second kappa shape index (κ2) is 9.26. The van der Waals surface area contributed by atoms with Crippen LogP contribution in [-0.2, 0) is 28.8 Å². The van der Waals surface area contributed by atoms with Crippen molar-refractivity contribution in [3.8, 4) is 11.1 Å². The van der Waals surface area contributed by atoms with E-state index in [1.165, 1.54) is 42.4 Å². The summed E-state index contributed by atoms with van der Waals surface area (Å²) in [4.78, 5) is 25.1. The van der Waals surface area contributed by atoms with Crippen LogP contribution in [0, 0.1) is 0 Å². The van der Waals surface area contributed by atoms with Crippen LogP contribution in [0.3, 0.4) is 0 Å². The van der Waals surface area contributed by atoms with E-state index >= 15 is 0 Å². The predicted octanol–water partition coefficient (Wildman–Crippen LogP) is 5.65. The van der Waals surface area contributed by atoms with Crippen molar-refractivity contribution < 1.29 is 14.3 Å². The van der Waals surface area contributed by atoms with Gasteiger partial charge in [0.05, 0.1) is 7.11 Å². The molecule has 0 radical (unpaired) electrons. The fraction of sp³-hybridized carbons (Fsp3) is 0.280. The van der Waals surface area contributed by atoms with Gasteiger partial charge in [-0.05, 0) is 54.4 Å². The summed E-state index contributed by atoms with van der Waals surface area (Å²) in [6.07, 6.45) is 5.64. The van der Waals surface area contributed by atoms with E-state index in [1.54, 1.807) is 0 Å². The van der Waals surface area contributed by atoms with E-state index in [9.17, 15) is 9.59 Å². The van der Waals surface area contributed by atoms with Gasteiger partial charge in [0.2, 0.25) is 5.91 Å². The fourth-order valence-electron chi connectivity index (χ4n) is 3.96. The molecule has 2 aromatic carbocycles. The largest absolute Gasteiger partial charge is 0.465 e. The van der Waals surface area contributed by atoms with Crippen molar-refractivity contribution >= 4 is 28.2 Å². The number of carbonyl (C=O) groups is 2. The summed E-state index contributed by atoms with van der Waals surface area (Å²) >= 11 is 1.37. The highest BCUT2D eigenvalue weighted by Gasteiger charge is 2.23. The Kier molecular flexibility index (Phi) is 6.29. The molecule has 0 fully saturated rings. The van der Waals surface area contributed by atoms with Gasteiger partial charge in [-0.25, -0.2) is 4.79 Å². The average Bonchev–Trinajstić information content (AvgIpc) is 3.21. The molecule has 0 aliphatic heterocycles. The number of methoxy groups -OCH3 is 1. The normalized spacial score (nSPS) is 12.8. The number of amides is 1. The monoisotopic (exact) mass is 419 g/mol. The molecule has 1 heterocycles. The summed E-state index contributed by atoms with van der Waals surface area (Å²) in [5.74, 6) is -0.537. The number of carbonyl (C=O) groups excluding carboxylic acids is 2. The van der Waals surface area contributed by atoms with Crippen molar-refractivity contribution in [1.82, 2.24) is 0 Å². The molecule has 1 amide bonds. The van der Waals surface area contributed by atoms with Crippen molar-refractivity contribution in [3.63, 3.8) is 0 Å². The van der Waals surface area contributed by atoms with Crippen molar-refractivity contribution in [1.29, 1.82) is 0 Å². The molecule has 1 aromatic heterocycles. The van der Waals surface area contributed by atoms with Gasteiger partial charge in [-0.3, -0.25) is 4.79 Å². The van der Waals surface area contributed by atoms with E-state index in [4.69, 9.17) is 4.74 Å². The molecule has 0 atom stereocenters. The van der Waals surface area contributed by atoms with Gasteiger partial charge in [0, 0.05) is 17.4 Å². The van der Waals surface area contributed by atoms with Crippen LogP contribution < -0.4 is 5.32 Å². The molecule has 4 nitrogen and oxygen atoms in total. The molecule has 5 heteroatoms. The highest BCUT2D eigenvalue weighted by atomic mass is 32.1. The van der Waals surface area contributed by atoms with Crippen LogP contribution in [0.15, 0.2) is 53.9 Å². The van der Waals surface area contributed by atoms with E-state index in [0.717, 1.165) is 29.5 Å². The zero-order valence-corrected chi connectivity index (χ0v) is 17.9. The molecule has 0 saturated heterocycles. The zero-order valence-electron chi connectivity index (χ0n) is 17.1. The van der Waals surface area contributed by atoms with Crippen molar-refractivity contribution in [3.05, 3.63) is 76.2 Å². The molecule has 3 aromatic rings. The molecule has 0 spiro atoms. The molecule has 0 bridgehead atoms. The zero-order chi connectivity index (χ0) is 20.9. The summed E-state index contributed by atoms with van der Waals surface area (Å²) in [6, 6.07) is 16.3. The predicted molar refractivity (Wildman–Crippen MR) is 121 cm³/mol. The summed E-state index contributed by atoms with van der Waals surface area (Å²) in [5, 5.41) is 5.41. The Labute approximate surface area is 180 Å². The third kappa shape index (κ3) is 4.46. The van der Waals surface area contributed by atoms with Crippen LogP contribution in [-0.4, -0.2) is 19.0 Å². The molecule has 30 heavy (non-hydrogen) atoms. The molecule has 0 saturated carbocycles. The summed E-state index contributed by atoms with van der Waals surface area (Å²) < 4.78 is 5.04. The molecule has 154 valence electrons. The summed E-state index contributed by atoms with van der Waals surface area (Å²) in [7, 11) is 1.37. The van der Waals surface area contributed by atoms with Crippen molar-refractivity contribution in [2.24, 2.45) is 0 Å². The van der Waals surface area contributed by atoms with Gasteiger partial charge >= 0.3 is 5.97 Å². The number of fused-ring (bicyclic) bond motifs is 1. The molecule has 1 N–H and O–H groups in total. The lowest BCUT2D eigenvalue weighted by Gasteiger charge is -2.16. The fourth-order valence-corrected chi connectivity index (χ4v) is 4.93. The Morgan fingerprint density at radius 3 is 2.57 bits per heavy atom. The lowest BCUT2D eigenvalue weighted by atomic mass is 9.89. The first-order chi connectivity index (χ1) is 14.7. The van der Waals surface area contributed by atoms with Gasteiger partial charge in [-0.15, -0.1) is 11.3 Å². The third-order valence-corrected chi connectivity index (χ3v) is 6.47. The molecule has 1 aliphatic rings. The van der Waals surface area contributed by atoms with Gasteiger partial charge < -0.3 is 10.1 Å². The summed E-state index contributed by atoms with van der Waals surface area (Å²) in [5.41, 5.74) is 6.12. The Balaban J connectivity index is 1.56. The van der Waals surface area contributed by atoms with Crippen LogP contribution in [0.25, 0.3) is 11.1 Å². The van der Waals surface area contributed by atoms with E-state index in [1.807, 2.05) is 35.7 Å². The van der Waals surface area contributed by atoms with Crippen molar-refractivity contribution in [2.75, 3.05) is 12.4 Å². The highest BCUT2D eigenvalue weighted by molar-refractivity contribution is 7.15. The van der Waals surface area contributed by atoms with Gasteiger partial charge in [-0.2, -0.15) is 0 Å². The number of aryl methyl sites for hydroxylation is 3. The number of thiophene rings is 1. The maximum Gasteiger partial charge on any atom is 0.341 e. The Morgan fingerprint density at radius 1 is 1.03 bits per heavy atom. The number of nitrogens with one attached hydrogen (secondary N) is 1. The van der Waals surface area contributed by atoms with Crippen LogP contribution in [0.1, 0.15) is 46.3 Å².